The summed E-state index contributed by atoms with van der Waals surface area (Å²) in [6.45, 7) is 2.01. The Balaban J connectivity index is 2.03. The first-order valence-corrected chi connectivity index (χ1v) is 11.0. The van der Waals surface area contributed by atoms with Crippen LogP contribution in [0, 0.1) is 5.82 Å². The van der Waals surface area contributed by atoms with E-state index < -0.39 is 21.7 Å². The summed E-state index contributed by atoms with van der Waals surface area (Å²) in [5, 5.41) is 2.98. The van der Waals surface area contributed by atoms with Crippen molar-refractivity contribution in [2.45, 2.75) is 25.7 Å². The molecule has 1 heterocycles. The molecular weight excluding hydrogens is 399 g/mol. The lowest BCUT2D eigenvalue weighted by atomic mass is 10.1. The van der Waals surface area contributed by atoms with Gasteiger partial charge in [0, 0.05) is 19.4 Å². The predicted molar refractivity (Wildman–Crippen MR) is 108 cm³/mol. The number of halogens is 1. The topological polar surface area (TPSA) is 101 Å². The second-order valence-corrected chi connectivity index (χ2v) is 8.82. The minimum Gasteiger partial charge on any atom is -0.353 e. The molecule has 29 heavy (non-hydrogen) atoms. The minimum absolute atomic E-state index is 0.101. The maximum absolute atomic E-state index is 14.7. The van der Waals surface area contributed by atoms with E-state index in [1.807, 2.05) is 0 Å². The summed E-state index contributed by atoms with van der Waals surface area (Å²) in [5.41, 5.74) is 3.79. The van der Waals surface area contributed by atoms with Gasteiger partial charge in [-0.3, -0.25) is 18.9 Å². The summed E-state index contributed by atoms with van der Waals surface area (Å²) >= 11 is 0. The molecule has 2 aromatic rings. The predicted octanol–water partition coefficient (Wildman–Crippen LogP) is 2.92. The first-order valence-electron chi connectivity index (χ1n) is 9.12. The van der Waals surface area contributed by atoms with Gasteiger partial charge in [0.05, 0.1) is 35.5 Å². The molecule has 0 unspecified atom stereocenters. The Hall–Kier alpha value is -2.72. The molecule has 0 aliphatic heterocycles. The van der Waals surface area contributed by atoms with Crippen LogP contribution in [-0.4, -0.2) is 39.2 Å². The lowest BCUT2D eigenvalue weighted by Crippen LogP contribution is -2.26. The molecule has 0 spiro atoms. The number of nitrogens with zero attached hydrogens (tertiary/aromatic N) is 2. The van der Waals surface area contributed by atoms with E-state index >= 15 is 0 Å². The van der Waals surface area contributed by atoms with Crippen LogP contribution in [0.2, 0.25) is 0 Å². The van der Waals surface area contributed by atoms with Gasteiger partial charge in [0.1, 0.15) is 5.82 Å². The zero-order valence-electron chi connectivity index (χ0n) is 16.4. The second kappa shape index (κ2) is 8.34. The van der Waals surface area contributed by atoms with Crippen molar-refractivity contribution in [2.24, 2.45) is 0 Å². The van der Waals surface area contributed by atoms with E-state index in [2.05, 4.69) is 15.8 Å². The molecule has 0 bridgehead atoms. The largest absolute Gasteiger partial charge is 0.353 e. The van der Waals surface area contributed by atoms with Crippen molar-refractivity contribution in [3.05, 3.63) is 47.5 Å². The highest BCUT2D eigenvalue weighted by Gasteiger charge is 2.29. The van der Waals surface area contributed by atoms with Crippen molar-refractivity contribution in [2.75, 3.05) is 29.5 Å². The van der Waals surface area contributed by atoms with Gasteiger partial charge < -0.3 is 5.32 Å². The van der Waals surface area contributed by atoms with Crippen LogP contribution in [0.3, 0.4) is 0 Å². The number of carbonyl (C=O) groups is 1. The Morgan fingerprint density at radius 2 is 2.07 bits per heavy atom. The second-order valence-electron chi connectivity index (χ2n) is 6.81. The molecule has 0 atom stereocenters. The molecule has 1 aromatic heterocycles. The molecule has 0 saturated heterocycles. The summed E-state index contributed by atoms with van der Waals surface area (Å²) in [4.78, 5) is 21.2. The Bertz CT molecular complexity index is 1020. The van der Waals surface area contributed by atoms with Crippen LogP contribution in [0.4, 0.5) is 21.5 Å². The highest BCUT2D eigenvalue weighted by atomic mass is 32.2. The quantitative estimate of drug-likeness (QED) is 0.635. The summed E-state index contributed by atoms with van der Waals surface area (Å²) in [6.07, 6.45) is 5.63. The van der Waals surface area contributed by atoms with Gasteiger partial charge >= 0.3 is 0 Å². The van der Waals surface area contributed by atoms with Gasteiger partial charge in [0.2, 0.25) is 10.0 Å². The Morgan fingerprint density at radius 3 is 2.69 bits per heavy atom. The molecule has 1 saturated carbocycles. The fraction of sp³-hybridized carbons (Fsp3) is 0.368. The molecule has 1 amide bonds. The minimum atomic E-state index is -3.58. The number of sulfonamides is 1. The molecule has 1 aliphatic carbocycles. The van der Waals surface area contributed by atoms with E-state index in [1.165, 1.54) is 31.6 Å². The third-order valence-electron chi connectivity index (χ3n) is 4.61. The molecule has 10 heteroatoms. The van der Waals surface area contributed by atoms with Crippen LogP contribution >= 0.6 is 0 Å². The lowest BCUT2D eigenvalue weighted by Gasteiger charge is -2.23. The number of hydrogen-bond acceptors (Lipinski definition) is 6. The van der Waals surface area contributed by atoms with Gasteiger partial charge in [-0.25, -0.2) is 18.3 Å². The van der Waals surface area contributed by atoms with E-state index in [1.54, 1.807) is 13.0 Å². The summed E-state index contributed by atoms with van der Waals surface area (Å²) in [6, 6.07) is 4.35. The number of hydroxylamine groups is 1. The fourth-order valence-corrected chi connectivity index (χ4v) is 3.36. The van der Waals surface area contributed by atoms with Crippen molar-refractivity contribution in [3.63, 3.8) is 0 Å². The van der Waals surface area contributed by atoms with Crippen LogP contribution < -0.4 is 15.1 Å². The van der Waals surface area contributed by atoms with Gasteiger partial charge in [0.25, 0.3) is 5.91 Å². The standard InChI is InChI=1S/C19H23FN4O4S/c1-4-28-23-19(25)14-11-21-8-7-16(14)22-17-10-15(20)13(12-5-6-12)9-18(17)24(2)29(3,26)27/h7-12H,4-6H2,1-3H3,(H,21,22)(H,23,25). The van der Waals surface area contributed by atoms with Crippen molar-refractivity contribution >= 4 is 33.0 Å². The van der Waals surface area contributed by atoms with Crippen molar-refractivity contribution in [1.29, 1.82) is 0 Å². The number of hydrogen-bond donors (Lipinski definition) is 2. The number of amides is 1. The third kappa shape index (κ3) is 4.83. The molecule has 8 nitrogen and oxygen atoms in total. The maximum Gasteiger partial charge on any atom is 0.278 e. The molecule has 0 radical (unpaired) electrons. The molecule has 3 rings (SSSR count). The number of pyridine rings is 1. The average Bonchev–Trinajstić information content (AvgIpc) is 3.50. The van der Waals surface area contributed by atoms with Crippen LogP contribution in [0.1, 0.15) is 41.6 Å². The van der Waals surface area contributed by atoms with Crippen molar-refractivity contribution in [3.8, 4) is 0 Å². The van der Waals surface area contributed by atoms with Crippen LogP contribution in [-0.2, 0) is 14.9 Å². The van der Waals surface area contributed by atoms with Gasteiger partial charge in [-0.15, -0.1) is 0 Å². The monoisotopic (exact) mass is 422 g/mol. The highest BCUT2D eigenvalue weighted by molar-refractivity contribution is 7.92. The zero-order valence-corrected chi connectivity index (χ0v) is 17.2. The fourth-order valence-electron chi connectivity index (χ4n) is 2.85. The average molecular weight is 422 g/mol. The number of nitrogens with one attached hydrogen (secondary N) is 2. The highest BCUT2D eigenvalue weighted by Crippen LogP contribution is 2.44. The number of rotatable bonds is 8. The molecule has 1 aliphatic rings. The van der Waals surface area contributed by atoms with Gasteiger partial charge in [0.15, 0.2) is 0 Å². The van der Waals surface area contributed by atoms with E-state index in [0.717, 1.165) is 23.4 Å². The summed E-state index contributed by atoms with van der Waals surface area (Å²) < 4.78 is 40.0. The number of aromatic nitrogens is 1. The zero-order chi connectivity index (χ0) is 21.2. The number of benzene rings is 1. The van der Waals surface area contributed by atoms with Crippen LogP contribution in [0.25, 0.3) is 0 Å². The summed E-state index contributed by atoms with van der Waals surface area (Å²) in [5.74, 6) is -0.852. The van der Waals surface area contributed by atoms with Crippen molar-refractivity contribution in [1.82, 2.24) is 10.5 Å². The van der Waals surface area contributed by atoms with E-state index in [-0.39, 0.29) is 23.8 Å². The lowest BCUT2D eigenvalue weighted by molar-refractivity contribution is 0.0365. The van der Waals surface area contributed by atoms with Crippen LogP contribution in [0.5, 0.6) is 0 Å². The first-order chi connectivity index (χ1) is 13.7. The molecule has 1 fully saturated rings. The van der Waals surface area contributed by atoms with E-state index in [4.69, 9.17) is 4.84 Å². The maximum atomic E-state index is 14.7. The Labute approximate surface area is 169 Å². The molecule has 156 valence electrons. The Kier molecular flexibility index (Phi) is 6.04. The third-order valence-corrected chi connectivity index (χ3v) is 5.80. The first kappa shape index (κ1) is 21.0. The van der Waals surface area contributed by atoms with Crippen molar-refractivity contribution < 1.29 is 22.4 Å². The van der Waals surface area contributed by atoms with E-state index in [0.29, 0.717) is 16.9 Å². The van der Waals surface area contributed by atoms with Gasteiger partial charge in [-0.05, 0) is 49.4 Å². The summed E-state index contributed by atoms with van der Waals surface area (Å²) in [7, 11) is -2.18. The Morgan fingerprint density at radius 1 is 1.34 bits per heavy atom. The van der Waals surface area contributed by atoms with E-state index in [9.17, 15) is 17.6 Å². The number of carbonyl (C=O) groups excluding carboxylic acids is 1. The molecule has 2 N–H and O–H groups in total. The SMILES string of the molecule is CCONC(=O)c1cnccc1Nc1cc(F)c(C2CC2)cc1N(C)S(C)(=O)=O. The normalized spacial score (nSPS) is 13.8. The number of anilines is 3. The molecular formula is C19H23FN4O4S. The smallest absolute Gasteiger partial charge is 0.278 e. The van der Waals surface area contributed by atoms with Crippen LogP contribution in [0.15, 0.2) is 30.6 Å². The van der Waals surface area contributed by atoms with Gasteiger partial charge in [-0.1, -0.05) is 0 Å². The van der Waals surface area contributed by atoms with Gasteiger partial charge in [-0.2, -0.15) is 0 Å². The molecule has 1 aromatic carbocycles.